The zero-order valence-corrected chi connectivity index (χ0v) is 15.4. The molecule has 1 amide bonds. The minimum Gasteiger partial charge on any atom is -0.325 e. The number of halogens is 1. The molecule has 0 unspecified atom stereocenters. The van der Waals surface area contributed by atoms with E-state index in [0.717, 1.165) is 16.0 Å². The van der Waals surface area contributed by atoms with Gasteiger partial charge >= 0.3 is 0 Å². The summed E-state index contributed by atoms with van der Waals surface area (Å²) in [5, 5.41) is 3.17. The first kappa shape index (κ1) is 17.7. The second kappa shape index (κ2) is 7.04. The summed E-state index contributed by atoms with van der Waals surface area (Å²) < 4.78 is 34.5. The standard InChI is InChI=1S/C15H13ClN4O3S2/c1-20(9-14(21)17-11-7-5-10(16)6-8-11)25(22,23)13-4-2-3-12-15(13)19-24-18-12/h2-8H,9H2,1H3,(H,17,21). The number of nitrogens with zero attached hydrogens (tertiary/aromatic N) is 3. The Morgan fingerprint density at radius 1 is 1.20 bits per heavy atom. The third-order valence-corrected chi connectivity index (χ3v) is 6.06. The van der Waals surface area contributed by atoms with Crippen LogP contribution in [0.15, 0.2) is 47.4 Å². The molecule has 1 heterocycles. The second-order valence-electron chi connectivity index (χ2n) is 5.20. The molecule has 1 N–H and O–H groups in total. The van der Waals surface area contributed by atoms with E-state index >= 15 is 0 Å². The van der Waals surface area contributed by atoms with Crippen molar-refractivity contribution in [3.63, 3.8) is 0 Å². The molecule has 0 aliphatic rings. The number of rotatable bonds is 5. The van der Waals surface area contributed by atoms with Gasteiger partial charge in [-0.15, -0.1) is 0 Å². The second-order valence-corrected chi connectivity index (χ2v) is 8.18. The normalized spacial score (nSPS) is 11.8. The van der Waals surface area contributed by atoms with Gasteiger partial charge in [0.15, 0.2) is 0 Å². The summed E-state index contributed by atoms with van der Waals surface area (Å²) in [5.74, 6) is -0.461. The van der Waals surface area contributed by atoms with Crippen molar-refractivity contribution < 1.29 is 13.2 Å². The minimum atomic E-state index is -3.87. The van der Waals surface area contributed by atoms with E-state index in [4.69, 9.17) is 11.6 Å². The Bertz CT molecular complexity index is 1020. The molecule has 1 aromatic heterocycles. The number of likely N-dealkylation sites (N-methyl/N-ethyl adjacent to an activating group) is 1. The first-order valence-corrected chi connectivity index (χ1v) is 9.66. The highest BCUT2D eigenvalue weighted by atomic mass is 35.5. The Morgan fingerprint density at radius 3 is 2.64 bits per heavy atom. The Labute approximate surface area is 153 Å². The Morgan fingerprint density at radius 2 is 1.92 bits per heavy atom. The number of benzene rings is 2. The van der Waals surface area contributed by atoms with Crippen LogP contribution in [-0.2, 0) is 14.8 Å². The highest BCUT2D eigenvalue weighted by Gasteiger charge is 2.26. The largest absolute Gasteiger partial charge is 0.325 e. The number of sulfonamides is 1. The fourth-order valence-electron chi connectivity index (χ4n) is 2.18. The molecule has 10 heteroatoms. The highest BCUT2D eigenvalue weighted by molar-refractivity contribution is 7.89. The van der Waals surface area contributed by atoms with Gasteiger partial charge in [0.25, 0.3) is 0 Å². The molecule has 2 aromatic carbocycles. The smallest absolute Gasteiger partial charge is 0.245 e. The fraction of sp³-hybridized carbons (Fsp3) is 0.133. The van der Waals surface area contributed by atoms with Crippen molar-refractivity contribution in [1.29, 1.82) is 0 Å². The van der Waals surface area contributed by atoms with Crippen LogP contribution in [0.3, 0.4) is 0 Å². The molecule has 0 bridgehead atoms. The lowest BCUT2D eigenvalue weighted by Crippen LogP contribution is -2.35. The maximum atomic E-state index is 12.7. The topological polar surface area (TPSA) is 92.3 Å². The fourth-order valence-corrected chi connectivity index (χ4v) is 4.18. The van der Waals surface area contributed by atoms with Crippen LogP contribution in [0.5, 0.6) is 0 Å². The number of aromatic nitrogens is 2. The molecule has 3 rings (SSSR count). The van der Waals surface area contributed by atoms with Gasteiger partial charge < -0.3 is 5.32 Å². The molecule has 0 radical (unpaired) electrons. The molecule has 25 heavy (non-hydrogen) atoms. The van der Waals surface area contributed by atoms with Crippen LogP contribution in [0.25, 0.3) is 11.0 Å². The lowest BCUT2D eigenvalue weighted by Gasteiger charge is -2.17. The summed E-state index contributed by atoms with van der Waals surface area (Å²) in [6.07, 6.45) is 0. The average Bonchev–Trinajstić information content (AvgIpc) is 3.05. The highest BCUT2D eigenvalue weighted by Crippen LogP contribution is 2.23. The number of nitrogens with one attached hydrogen (secondary N) is 1. The Hall–Kier alpha value is -2.07. The molecule has 3 aromatic rings. The Balaban J connectivity index is 1.77. The number of hydrogen-bond acceptors (Lipinski definition) is 6. The third-order valence-electron chi connectivity index (χ3n) is 3.43. The SMILES string of the molecule is CN(CC(=O)Nc1ccc(Cl)cc1)S(=O)(=O)c1cccc2nsnc12. The van der Waals surface area contributed by atoms with E-state index < -0.39 is 15.9 Å². The third kappa shape index (κ3) is 3.79. The van der Waals surface area contributed by atoms with Crippen molar-refractivity contribution >= 4 is 56.0 Å². The maximum Gasteiger partial charge on any atom is 0.245 e. The van der Waals surface area contributed by atoms with Crippen LogP contribution in [-0.4, -0.2) is 41.0 Å². The number of hydrogen-bond donors (Lipinski definition) is 1. The van der Waals surface area contributed by atoms with Crippen LogP contribution in [0.4, 0.5) is 5.69 Å². The lowest BCUT2D eigenvalue weighted by molar-refractivity contribution is -0.116. The summed E-state index contributed by atoms with van der Waals surface area (Å²) >= 11 is 6.73. The first-order chi connectivity index (χ1) is 11.9. The van der Waals surface area contributed by atoms with Gasteiger partial charge in [0.1, 0.15) is 15.9 Å². The van der Waals surface area contributed by atoms with Crippen molar-refractivity contribution in [2.45, 2.75) is 4.90 Å². The number of carbonyl (C=O) groups is 1. The summed E-state index contributed by atoms with van der Waals surface area (Å²) in [4.78, 5) is 12.2. The van der Waals surface area contributed by atoms with Crippen LogP contribution in [0.1, 0.15) is 0 Å². The van der Waals surface area contributed by atoms with Gasteiger partial charge in [0.05, 0.1) is 18.3 Å². The molecule has 0 aliphatic heterocycles. The van der Waals surface area contributed by atoms with E-state index in [1.807, 2.05) is 0 Å². The average molecular weight is 397 g/mol. The van der Waals surface area contributed by atoms with E-state index in [1.165, 1.54) is 13.1 Å². The molecule has 0 saturated heterocycles. The first-order valence-electron chi connectivity index (χ1n) is 7.11. The van der Waals surface area contributed by atoms with Gasteiger partial charge in [-0.3, -0.25) is 4.79 Å². The van der Waals surface area contributed by atoms with Crippen LogP contribution in [0.2, 0.25) is 5.02 Å². The summed E-state index contributed by atoms with van der Waals surface area (Å²) in [6.45, 7) is -0.334. The minimum absolute atomic E-state index is 0.0283. The summed E-state index contributed by atoms with van der Waals surface area (Å²) in [5.41, 5.74) is 1.34. The van der Waals surface area contributed by atoms with Gasteiger partial charge in [0.2, 0.25) is 15.9 Å². The van der Waals surface area contributed by atoms with Gasteiger partial charge in [-0.1, -0.05) is 17.7 Å². The van der Waals surface area contributed by atoms with Gasteiger partial charge in [-0.25, -0.2) is 8.42 Å². The van der Waals surface area contributed by atoms with Crippen molar-refractivity contribution in [2.24, 2.45) is 0 Å². The summed E-state index contributed by atoms with van der Waals surface area (Å²) in [6, 6.07) is 11.3. The number of fused-ring (bicyclic) bond motifs is 1. The van der Waals surface area contributed by atoms with Crippen LogP contribution >= 0.6 is 23.3 Å². The van der Waals surface area contributed by atoms with E-state index in [9.17, 15) is 13.2 Å². The zero-order valence-electron chi connectivity index (χ0n) is 13.0. The molecular formula is C15H13ClN4O3S2. The van der Waals surface area contributed by atoms with Gasteiger partial charge in [-0.2, -0.15) is 13.1 Å². The molecule has 0 saturated carbocycles. The van der Waals surface area contributed by atoms with E-state index in [-0.39, 0.29) is 11.4 Å². The van der Waals surface area contributed by atoms with Gasteiger partial charge in [0, 0.05) is 17.8 Å². The molecular weight excluding hydrogens is 384 g/mol. The predicted octanol–water partition coefficient (Wildman–Crippen LogP) is 2.60. The molecule has 7 nitrogen and oxygen atoms in total. The van der Waals surface area contributed by atoms with Crippen molar-refractivity contribution in [3.05, 3.63) is 47.5 Å². The molecule has 0 spiro atoms. The number of carbonyl (C=O) groups excluding carboxylic acids is 1. The van der Waals surface area contributed by atoms with Crippen LogP contribution in [0, 0.1) is 0 Å². The maximum absolute atomic E-state index is 12.7. The predicted molar refractivity (Wildman–Crippen MR) is 97.3 cm³/mol. The van der Waals surface area contributed by atoms with Gasteiger partial charge in [-0.05, 0) is 36.4 Å². The Kier molecular flexibility index (Phi) is 5.00. The number of anilines is 1. The van der Waals surface area contributed by atoms with E-state index in [1.54, 1.807) is 36.4 Å². The van der Waals surface area contributed by atoms with E-state index in [0.29, 0.717) is 21.7 Å². The van der Waals surface area contributed by atoms with Crippen molar-refractivity contribution in [1.82, 2.24) is 13.1 Å². The van der Waals surface area contributed by atoms with Crippen LogP contribution < -0.4 is 5.32 Å². The molecule has 0 aliphatic carbocycles. The zero-order chi connectivity index (χ0) is 18.0. The summed E-state index contributed by atoms with van der Waals surface area (Å²) in [7, 11) is -2.53. The van der Waals surface area contributed by atoms with Crippen molar-refractivity contribution in [2.75, 3.05) is 18.9 Å². The monoisotopic (exact) mass is 396 g/mol. The number of amides is 1. The molecule has 0 atom stereocenters. The lowest BCUT2D eigenvalue weighted by atomic mass is 10.3. The van der Waals surface area contributed by atoms with E-state index in [2.05, 4.69) is 14.1 Å². The quantitative estimate of drug-likeness (QED) is 0.715. The molecule has 130 valence electrons. The van der Waals surface area contributed by atoms with Crippen molar-refractivity contribution in [3.8, 4) is 0 Å². The molecule has 0 fully saturated rings.